The second-order valence-corrected chi connectivity index (χ2v) is 4.19. The maximum Gasteiger partial charge on any atom is 0.341 e. The summed E-state index contributed by atoms with van der Waals surface area (Å²) in [5.41, 5.74) is 0.450. The van der Waals surface area contributed by atoms with E-state index in [0.717, 1.165) is 0 Å². The van der Waals surface area contributed by atoms with Gasteiger partial charge in [-0.15, -0.1) is 0 Å². The lowest BCUT2D eigenvalue weighted by atomic mass is 10.2. The summed E-state index contributed by atoms with van der Waals surface area (Å²) in [6, 6.07) is 4.01. The second-order valence-electron chi connectivity index (χ2n) is 3.34. The quantitative estimate of drug-likeness (QED) is 0.911. The number of rotatable bonds is 3. The minimum atomic E-state index is -1.14. The molecule has 2 rings (SSSR count). The first-order valence-electron chi connectivity index (χ1n) is 4.83. The Balaban J connectivity index is 2.37. The van der Waals surface area contributed by atoms with Crippen molar-refractivity contribution in [1.82, 2.24) is 9.97 Å². The van der Waals surface area contributed by atoms with Crippen LogP contribution in [-0.4, -0.2) is 21.0 Å². The molecule has 0 fully saturated rings. The molecule has 0 amide bonds. The van der Waals surface area contributed by atoms with E-state index in [9.17, 15) is 9.18 Å². The van der Waals surface area contributed by atoms with Crippen LogP contribution in [0.5, 0.6) is 0 Å². The van der Waals surface area contributed by atoms with E-state index in [1.54, 1.807) is 0 Å². The van der Waals surface area contributed by atoms with Crippen LogP contribution in [0.1, 0.15) is 10.4 Å². The Morgan fingerprint density at radius 2 is 2.22 bits per heavy atom. The highest BCUT2D eigenvalue weighted by atomic mass is 79.9. The molecule has 2 aromatic rings. The van der Waals surface area contributed by atoms with Crippen LogP contribution in [0.2, 0.25) is 0 Å². The molecule has 0 spiro atoms. The van der Waals surface area contributed by atoms with E-state index in [1.807, 2.05) is 0 Å². The number of hydrogen-bond donors (Lipinski definition) is 2. The summed E-state index contributed by atoms with van der Waals surface area (Å²) in [6.45, 7) is 0. The van der Waals surface area contributed by atoms with Crippen molar-refractivity contribution in [3.05, 3.63) is 46.6 Å². The highest BCUT2D eigenvalue weighted by Gasteiger charge is 2.12. The van der Waals surface area contributed by atoms with E-state index in [4.69, 9.17) is 5.11 Å². The molecule has 0 saturated carbocycles. The number of nitrogens with one attached hydrogen (secondary N) is 1. The molecule has 5 nitrogen and oxygen atoms in total. The Morgan fingerprint density at radius 1 is 1.44 bits per heavy atom. The highest BCUT2D eigenvalue weighted by Crippen LogP contribution is 2.26. The van der Waals surface area contributed by atoms with Gasteiger partial charge in [0, 0.05) is 10.7 Å². The Hall–Kier alpha value is -2.02. The topological polar surface area (TPSA) is 75.1 Å². The van der Waals surface area contributed by atoms with E-state index in [1.165, 1.54) is 30.7 Å². The Kier molecular flexibility index (Phi) is 3.52. The molecule has 0 bridgehead atoms. The molecule has 0 radical (unpaired) electrons. The monoisotopic (exact) mass is 311 g/mol. The lowest BCUT2D eigenvalue weighted by Crippen LogP contribution is -2.05. The van der Waals surface area contributed by atoms with Crippen molar-refractivity contribution in [3.8, 4) is 0 Å². The first-order valence-corrected chi connectivity index (χ1v) is 5.62. The molecular formula is C11H7BrFN3O2. The summed E-state index contributed by atoms with van der Waals surface area (Å²) >= 11 is 3.17. The molecule has 0 unspecified atom stereocenters. The molecule has 0 aliphatic heterocycles. The summed E-state index contributed by atoms with van der Waals surface area (Å²) in [5, 5.41) is 11.8. The number of hydrogen-bond acceptors (Lipinski definition) is 4. The number of carbonyl (C=O) groups is 1. The molecule has 1 heterocycles. The number of carboxylic acid groups (broad SMARTS) is 1. The van der Waals surface area contributed by atoms with Crippen molar-refractivity contribution < 1.29 is 14.3 Å². The molecule has 18 heavy (non-hydrogen) atoms. The number of aromatic nitrogens is 2. The molecule has 7 heteroatoms. The third kappa shape index (κ3) is 2.62. The van der Waals surface area contributed by atoms with Gasteiger partial charge in [0.25, 0.3) is 0 Å². The summed E-state index contributed by atoms with van der Waals surface area (Å²) in [7, 11) is 0. The van der Waals surface area contributed by atoms with E-state index in [0.29, 0.717) is 10.2 Å². The van der Waals surface area contributed by atoms with Crippen LogP contribution in [0.25, 0.3) is 0 Å². The average Bonchev–Trinajstić information content (AvgIpc) is 2.33. The van der Waals surface area contributed by atoms with Gasteiger partial charge in [-0.3, -0.25) is 0 Å². The van der Waals surface area contributed by atoms with Crippen LogP contribution < -0.4 is 5.32 Å². The molecule has 1 aromatic carbocycles. The number of carboxylic acids is 1. The van der Waals surface area contributed by atoms with Crippen molar-refractivity contribution in [2.45, 2.75) is 0 Å². The Morgan fingerprint density at radius 3 is 2.89 bits per heavy atom. The zero-order valence-electron chi connectivity index (χ0n) is 8.89. The van der Waals surface area contributed by atoms with Crippen molar-refractivity contribution in [1.29, 1.82) is 0 Å². The van der Waals surface area contributed by atoms with Gasteiger partial charge in [0.2, 0.25) is 0 Å². The zero-order valence-corrected chi connectivity index (χ0v) is 10.5. The van der Waals surface area contributed by atoms with Gasteiger partial charge in [-0.2, -0.15) is 0 Å². The predicted octanol–water partition coefficient (Wildman–Crippen LogP) is 2.82. The minimum absolute atomic E-state index is 0.0614. The Labute approximate surface area is 110 Å². The van der Waals surface area contributed by atoms with Crippen LogP contribution in [0.4, 0.5) is 15.9 Å². The number of nitrogens with zero attached hydrogens (tertiary/aromatic N) is 2. The van der Waals surface area contributed by atoms with E-state index < -0.39 is 11.8 Å². The molecular weight excluding hydrogens is 305 g/mol. The third-order valence-corrected chi connectivity index (χ3v) is 2.78. The van der Waals surface area contributed by atoms with Crippen molar-refractivity contribution in [2.24, 2.45) is 0 Å². The zero-order chi connectivity index (χ0) is 13.1. The van der Waals surface area contributed by atoms with Gasteiger partial charge < -0.3 is 10.4 Å². The van der Waals surface area contributed by atoms with Crippen molar-refractivity contribution in [2.75, 3.05) is 5.32 Å². The average molecular weight is 312 g/mol. The third-order valence-electron chi connectivity index (χ3n) is 2.13. The van der Waals surface area contributed by atoms with E-state index in [2.05, 4.69) is 31.2 Å². The first-order chi connectivity index (χ1) is 8.58. The Bertz CT molecular complexity index is 607. The fraction of sp³-hybridized carbons (Fsp3) is 0. The summed E-state index contributed by atoms with van der Waals surface area (Å²) in [5.74, 6) is -1.39. The van der Waals surface area contributed by atoms with Gasteiger partial charge >= 0.3 is 5.97 Å². The molecule has 0 saturated heterocycles. The summed E-state index contributed by atoms with van der Waals surface area (Å²) < 4.78 is 13.4. The summed E-state index contributed by atoms with van der Waals surface area (Å²) in [6.07, 6.45) is 2.42. The van der Waals surface area contributed by atoms with Gasteiger partial charge in [0.05, 0.1) is 5.69 Å². The van der Waals surface area contributed by atoms with Crippen LogP contribution in [0.3, 0.4) is 0 Å². The van der Waals surface area contributed by atoms with Crippen molar-refractivity contribution in [3.63, 3.8) is 0 Å². The second kappa shape index (κ2) is 5.09. The largest absolute Gasteiger partial charge is 0.477 e. The normalized spacial score (nSPS) is 10.1. The van der Waals surface area contributed by atoms with E-state index in [-0.39, 0.29) is 11.4 Å². The molecule has 2 N–H and O–H groups in total. The smallest absolute Gasteiger partial charge is 0.341 e. The van der Waals surface area contributed by atoms with Gasteiger partial charge in [-0.1, -0.05) is 0 Å². The number of aromatic carboxylic acids is 1. The fourth-order valence-corrected chi connectivity index (χ4v) is 1.75. The first kappa shape index (κ1) is 12.4. The standard InChI is InChI=1S/C11H7BrFN3O2/c12-8-3-6(13)1-2-9(8)16-10-7(11(17)18)4-14-5-15-10/h1-5H,(H,17,18)(H,14,15,16). The number of anilines is 2. The van der Waals surface area contributed by atoms with E-state index >= 15 is 0 Å². The number of halogens is 2. The maximum atomic E-state index is 12.9. The lowest BCUT2D eigenvalue weighted by molar-refractivity contribution is 0.0697. The molecule has 0 aliphatic carbocycles. The van der Waals surface area contributed by atoms with Crippen LogP contribution >= 0.6 is 15.9 Å². The summed E-state index contributed by atoms with van der Waals surface area (Å²) in [4.78, 5) is 18.4. The SMILES string of the molecule is O=C(O)c1cncnc1Nc1ccc(F)cc1Br. The van der Waals surface area contributed by atoms with Crippen LogP contribution in [0.15, 0.2) is 35.2 Å². The van der Waals surface area contributed by atoms with Gasteiger partial charge in [-0.25, -0.2) is 19.2 Å². The maximum absolute atomic E-state index is 12.9. The predicted molar refractivity (Wildman–Crippen MR) is 66.4 cm³/mol. The number of benzene rings is 1. The van der Waals surface area contributed by atoms with Crippen LogP contribution in [-0.2, 0) is 0 Å². The highest BCUT2D eigenvalue weighted by molar-refractivity contribution is 9.10. The molecule has 1 aromatic heterocycles. The minimum Gasteiger partial charge on any atom is -0.477 e. The van der Waals surface area contributed by atoms with Gasteiger partial charge in [-0.05, 0) is 34.1 Å². The van der Waals surface area contributed by atoms with Gasteiger partial charge in [0.15, 0.2) is 0 Å². The van der Waals surface area contributed by atoms with Crippen molar-refractivity contribution >= 4 is 33.4 Å². The van der Waals surface area contributed by atoms with Crippen LogP contribution in [0, 0.1) is 5.82 Å². The van der Waals surface area contributed by atoms with Gasteiger partial charge in [0.1, 0.15) is 23.5 Å². The molecule has 0 atom stereocenters. The molecule has 92 valence electrons. The lowest BCUT2D eigenvalue weighted by Gasteiger charge is -2.09. The molecule has 0 aliphatic rings. The fourth-order valence-electron chi connectivity index (χ4n) is 1.30.